The van der Waals surface area contributed by atoms with Crippen LogP contribution in [-0.2, 0) is 20.7 Å². The molecule has 2 aromatic rings. The topological polar surface area (TPSA) is 3.24 Å². The van der Waals surface area contributed by atoms with Gasteiger partial charge in [-0.15, -0.1) is 0 Å². The molecule has 3 rings (SSSR count). The standard InChI is InChI=1S/C23H26N.2ClH.Ti/c1-15-16(2)18(4)23(17(15)3)22-14-10-9-13-21(22)19(5)24-20-11-7-6-8-12-20;;;/h6-14,17,19H,1-5H3;2*1H;/q-1;;;+3/p-2. The van der Waals surface area contributed by atoms with Gasteiger partial charge < -0.3 is 24.8 Å². The maximum Gasteiger partial charge on any atom is -1.00 e. The van der Waals surface area contributed by atoms with Crippen LogP contribution in [0, 0.1) is 5.92 Å². The molecule has 27 heavy (non-hydrogen) atoms. The number of allylic oxidation sites excluding steroid dienone is 4. The molecule has 0 saturated heterocycles. The zero-order valence-electron chi connectivity index (χ0n) is 16.6. The Morgan fingerprint density at radius 1 is 0.852 bits per heavy atom. The summed E-state index contributed by atoms with van der Waals surface area (Å²) in [5.41, 5.74) is 9.97. The minimum atomic E-state index is 0. The third kappa shape index (κ3) is 4.54. The summed E-state index contributed by atoms with van der Waals surface area (Å²) in [7, 11) is 0. The molecule has 1 nitrogen and oxygen atoms in total. The molecule has 0 bridgehead atoms. The summed E-state index contributed by atoms with van der Waals surface area (Å²) in [4.78, 5) is 0. The van der Waals surface area contributed by atoms with Gasteiger partial charge >= 0.3 is 164 Å². The number of anilines is 1. The maximum absolute atomic E-state index is 2.36. The second-order valence-corrected chi connectivity index (χ2v) is 7.79. The third-order valence-corrected chi connectivity index (χ3v) is 6.77. The van der Waals surface area contributed by atoms with Crippen LogP contribution in [-0.4, -0.2) is 0 Å². The van der Waals surface area contributed by atoms with Crippen molar-refractivity contribution in [3.05, 3.63) is 82.4 Å². The molecule has 0 heterocycles. The second kappa shape index (κ2) is 9.98. The van der Waals surface area contributed by atoms with Gasteiger partial charge in [-0.05, 0) is 0 Å². The molecule has 0 amide bonds. The van der Waals surface area contributed by atoms with Crippen molar-refractivity contribution in [2.24, 2.45) is 5.92 Å². The molecule has 0 saturated carbocycles. The van der Waals surface area contributed by atoms with Gasteiger partial charge in [-0.2, -0.15) is 0 Å². The van der Waals surface area contributed by atoms with Gasteiger partial charge in [0.25, 0.3) is 0 Å². The number of rotatable bonds is 4. The van der Waals surface area contributed by atoms with Crippen LogP contribution in [0.3, 0.4) is 0 Å². The van der Waals surface area contributed by atoms with E-state index in [9.17, 15) is 0 Å². The minimum absolute atomic E-state index is 0. The Balaban J connectivity index is 0.00000182. The first-order valence-corrected chi connectivity index (χ1v) is 9.66. The number of para-hydroxylation sites is 1. The molecule has 0 fully saturated rings. The Labute approximate surface area is 188 Å². The molecular weight excluding hydrogens is 409 g/mol. The molecule has 141 valence electrons. The molecule has 2 aromatic carbocycles. The number of benzene rings is 2. The quantitative estimate of drug-likeness (QED) is 0.633. The van der Waals surface area contributed by atoms with E-state index >= 15 is 0 Å². The van der Waals surface area contributed by atoms with Crippen molar-refractivity contribution in [2.45, 2.75) is 40.7 Å². The van der Waals surface area contributed by atoms with Crippen molar-refractivity contribution >= 4 is 11.3 Å². The van der Waals surface area contributed by atoms with E-state index in [-0.39, 0.29) is 24.8 Å². The van der Waals surface area contributed by atoms with Gasteiger partial charge in [0.05, 0.1) is 0 Å². The molecular formula is C23H26Cl2NTi. The summed E-state index contributed by atoms with van der Waals surface area (Å²) in [6, 6.07) is 19.9. The molecule has 4 heteroatoms. The van der Waals surface area contributed by atoms with Crippen LogP contribution < -0.4 is 28.2 Å². The zero-order chi connectivity index (χ0) is 18.1. The fourth-order valence-corrected chi connectivity index (χ4v) is 4.31. The van der Waals surface area contributed by atoms with Crippen molar-refractivity contribution in [3.63, 3.8) is 0 Å². The van der Waals surface area contributed by atoms with Crippen molar-refractivity contribution in [1.29, 1.82) is 0 Å². The van der Waals surface area contributed by atoms with Gasteiger partial charge in [-0.25, -0.2) is 0 Å². The summed E-state index contributed by atoms with van der Waals surface area (Å²) >= 11 is 2.19. The van der Waals surface area contributed by atoms with Crippen LogP contribution in [0.2, 0.25) is 0 Å². The predicted octanol–water partition coefficient (Wildman–Crippen LogP) is 0.484. The van der Waals surface area contributed by atoms with E-state index in [4.69, 9.17) is 0 Å². The second-order valence-electron chi connectivity index (χ2n) is 7.04. The fraction of sp³-hybridized carbons (Fsp3) is 0.304. The summed E-state index contributed by atoms with van der Waals surface area (Å²) in [6.07, 6.45) is 0. The molecule has 0 aromatic heterocycles. The SMILES string of the molecule is CC1=C(C)C(C)C(c2ccccc2C(C)[N]([Ti+2])c2ccccc2)=C1C.[Cl-].[Cl-]. The van der Waals surface area contributed by atoms with Crippen molar-refractivity contribution in [2.75, 3.05) is 3.38 Å². The average Bonchev–Trinajstić information content (AvgIpc) is 2.84. The monoisotopic (exact) mass is 434 g/mol. The molecule has 0 aliphatic heterocycles. The molecule has 2 unspecified atom stereocenters. The zero-order valence-corrected chi connectivity index (χ0v) is 19.6. The van der Waals surface area contributed by atoms with Crippen LogP contribution in [0.15, 0.2) is 71.3 Å². The van der Waals surface area contributed by atoms with Gasteiger partial charge in [0, 0.05) is 0 Å². The Bertz CT molecular complexity index is 842. The third-order valence-electron chi connectivity index (χ3n) is 5.76. The number of hydrogen-bond donors (Lipinski definition) is 0. The Hall–Kier alpha value is -0.986. The first-order chi connectivity index (χ1) is 11.9. The van der Waals surface area contributed by atoms with Crippen molar-refractivity contribution in [3.8, 4) is 0 Å². The van der Waals surface area contributed by atoms with Gasteiger partial charge in [-0.1, -0.05) is 0 Å². The summed E-state index contributed by atoms with van der Waals surface area (Å²) in [6.45, 7) is 11.5. The van der Waals surface area contributed by atoms with E-state index in [1.807, 2.05) is 0 Å². The van der Waals surface area contributed by atoms with Crippen LogP contribution >= 0.6 is 0 Å². The van der Waals surface area contributed by atoms with E-state index in [0.29, 0.717) is 12.0 Å². The minimum Gasteiger partial charge on any atom is -1.00 e. The first kappa shape index (κ1) is 24.1. The largest absolute Gasteiger partial charge is 1.00 e. The number of nitrogens with zero attached hydrogens (tertiary/aromatic N) is 1. The Morgan fingerprint density at radius 3 is 1.96 bits per heavy atom. The van der Waals surface area contributed by atoms with Crippen molar-refractivity contribution in [1.82, 2.24) is 0 Å². The van der Waals surface area contributed by atoms with E-state index in [1.165, 1.54) is 39.1 Å². The summed E-state index contributed by atoms with van der Waals surface area (Å²) < 4.78 is 2.36. The van der Waals surface area contributed by atoms with Crippen LogP contribution in [0.4, 0.5) is 5.69 Å². The Kier molecular flexibility index (Phi) is 8.89. The number of hydrogen-bond acceptors (Lipinski definition) is 1. The molecule has 0 N–H and O–H groups in total. The Morgan fingerprint density at radius 2 is 1.41 bits per heavy atom. The number of halogens is 2. The van der Waals surface area contributed by atoms with Crippen LogP contribution in [0.1, 0.15) is 51.8 Å². The van der Waals surface area contributed by atoms with Gasteiger partial charge in [0.1, 0.15) is 0 Å². The van der Waals surface area contributed by atoms with E-state index in [2.05, 4.69) is 113 Å². The fourth-order valence-electron chi connectivity index (χ4n) is 3.86. The molecule has 0 spiro atoms. The van der Waals surface area contributed by atoms with E-state index < -0.39 is 0 Å². The van der Waals surface area contributed by atoms with E-state index in [1.54, 1.807) is 0 Å². The molecule has 1 aliphatic carbocycles. The average molecular weight is 435 g/mol. The summed E-state index contributed by atoms with van der Waals surface area (Å²) in [5, 5.41) is 0. The van der Waals surface area contributed by atoms with Gasteiger partial charge in [0.15, 0.2) is 0 Å². The van der Waals surface area contributed by atoms with Crippen molar-refractivity contribution < 1.29 is 45.5 Å². The molecule has 2 atom stereocenters. The predicted molar refractivity (Wildman–Crippen MR) is 104 cm³/mol. The molecule has 1 aliphatic rings. The van der Waals surface area contributed by atoms with Crippen LogP contribution in [0.5, 0.6) is 0 Å². The summed E-state index contributed by atoms with van der Waals surface area (Å²) in [5.74, 6) is 0.496. The first-order valence-electron chi connectivity index (χ1n) is 8.96. The maximum atomic E-state index is 2.36. The normalized spacial score (nSPS) is 17.4. The van der Waals surface area contributed by atoms with Gasteiger partial charge in [-0.3, -0.25) is 0 Å². The van der Waals surface area contributed by atoms with Crippen LogP contribution in [0.25, 0.3) is 5.57 Å². The van der Waals surface area contributed by atoms with E-state index in [0.717, 1.165) is 0 Å². The van der Waals surface area contributed by atoms with Gasteiger partial charge in [0.2, 0.25) is 0 Å². The smallest absolute Gasteiger partial charge is 1.00 e. The molecule has 0 radical (unpaired) electrons.